The largest absolute Gasteiger partial charge is 0.497 e. The van der Waals surface area contributed by atoms with Crippen LogP contribution in [0.3, 0.4) is 0 Å². The molecule has 2 aromatic carbocycles. The lowest BCUT2D eigenvalue weighted by molar-refractivity contribution is -0.121. The summed E-state index contributed by atoms with van der Waals surface area (Å²) >= 11 is 0. The van der Waals surface area contributed by atoms with Gasteiger partial charge in [-0.1, -0.05) is 0 Å². The zero-order chi connectivity index (χ0) is 21.8. The first-order valence-electron chi connectivity index (χ1n) is 10.0. The maximum atomic E-state index is 12.5. The minimum absolute atomic E-state index is 0.00715. The highest BCUT2D eigenvalue weighted by molar-refractivity contribution is 6.01. The van der Waals surface area contributed by atoms with Gasteiger partial charge >= 0.3 is 6.03 Å². The van der Waals surface area contributed by atoms with Crippen molar-refractivity contribution < 1.29 is 28.5 Å². The molecule has 2 heterocycles. The Morgan fingerprint density at radius 3 is 2.74 bits per heavy atom. The van der Waals surface area contributed by atoms with Crippen molar-refractivity contribution in [3.05, 3.63) is 42.0 Å². The van der Waals surface area contributed by atoms with Gasteiger partial charge in [0, 0.05) is 23.4 Å². The number of fused-ring (bicyclic) bond motifs is 1. The van der Waals surface area contributed by atoms with Gasteiger partial charge in [-0.15, -0.1) is 0 Å². The van der Waals surface area contributed by atoms with Gasteiger partial charge in [-0.3, -0.25) is 15.0 Å². The number of ether oxygens (including phenoxy) is 4. The molecule has 0 aliphatic carbocycles. The van der Waals surface area contributed by atoms with Crippen LogP contribution in [0, 0.1) is 0 Å². The lowest BCUT2D eigenvalue weighted by Crippen LogP contribution is -2.41. The summed E-state index contributed by atoms with van der Waals surface area (Å²) in [6, 6.07) is 10.1. The summed E-state index contributed by atoms with van der Waals surface area (Å²) in [4.78, 5) is 26.8. The zero-order valence-corrected chi connectivity index (χ0v) is 17.5. The second-order valence-corrected chi connectivity index (χ2v) is 7.31. The maximum Gasteiger partial charge on any atom is 0.325 e. The van der Waals surface area contributed by atoms with Crippen LogP contribution in [0.4, 0.5) is 10.5 Å². The molecule has 2 N–H and O–H groups in total. The van der Waals surface area contributed by atoms with Crippen molar-refractivity contribution >= 4 is 17.6 Å². The van der Waals surface area contributed by atoms with Gasteiger partial charge < -0.3 is 24.3 Å². The van der Waals surface area contributed by atoms with Gasteiger partial charge in [0.25, 0.3) is 0 Å². The summed E-state index contributed by atoms with van der Waals surface area (Å²) in [5, 5.41) is 5.03. The van der Waals surface area contributed by atoms with Gasteiger partial charge in [0.15, 0.2) is 11.5 Å². The molecule has 1 unspecified atom stereocenters. The van der Waals surface area contributed by atoms with E-state index in [0.29, 0.717) is 17.2 Å². The number of rotatable bonds is 6. The van der Waals surface area contributed by atoms with Crippen LogP contribution < -0.4 is 29.6 Å². The Morgan fingerprint density at radius 1 is 1.10 bits per heavy atom. The van der Waals surface area contributed by atoms with Crippen molar-refractivity contribution in [3.8, 4) is 23.0 Å². The Morgan fingerprint density at radius 2 is 1.94 bits per heavy atom. The minimum atomic E-state index is -0.599. The van der Waals surface area contributed by atoms with Crippen molar-refractivity contribution in [1.82, 2.24) is 10.2 Å². The van der Waals surface area contributed by atoms with Crippen LogP contribution >= 0.6 is 0 Å². The Labute approximate surface area is 180 Å². The van der Waals surface area contributed by atoms with Gasteiger partial charge in [-0.25, -0.2) is 4.79 Å². The molecule has 0 bridgehead atoms. The zero-order valence-electron chi connectivity index (χ0n) is 17.5. The average molecular weight is 427 g/mol. The Bertz CT molecular complexity index is 980. The summed E-state index contributed by atoms with van der Waals surface area (Å²) in [5.74, 6) is 2.27. The van der Waals surface area contributed by atoms with Crippen LogP contribution in [-0.4, -0.2) is 50.9 Å². The average Bonchev–Trinajstić information content (AvgIpc) is 3.42. The molecule has 1 atom stereocenters. The first-order valence-corrected chi connectivity index (χ1v) is 10.0. The molecular weight excluding hydrogens is 402 g/mol. The SMILES string of the molecule is COc1ccc(OC)c(C2CCCN2CC(=O)NC(=O)Nc2ccc3c(c2)OCO3)c1. The van der Waals surface area contributed by atoms with Crippen molar-refractivity contribution in [2.45, 2.75) is 18.9 Å². The van der Waals surface area contributed by atoms with Crippen LogP contribution in [0.1, 0.15) is 24.4 Å². The fourth-order valence-electron chi connectivity index (χ4n) is 3.95. The van der Waals surface area contributed by atoms with E-state index in [-0.39, 0.29) is 25.3 Å². The number of nitrogens with zero attached hydrogens (tertiary/aromatic N) is 1. The molecule has 2 aliphatic rings. The van der Waals surface area contributed by atoms with E-state index in [1.807, 2.05) is 23.1 Å². The quantitative estimate of drug-likeness (QED) is 0.731. The predicted octanol–water partition coefficient (Wildman–Crippen LogP) is 2.92. The Kier molecular flexibility index (Phi) is 6.13. The molecule has 9 heteroatoms. The lowest BCUT2D eigenvalue weighted by atomic mass is 10.0. The van der Waals surface area contributed by atoms with E-state index in [0.717, 1.165) is 36.4 Å². The summed E-state index contributed by atoms with van der Waals surface area (Å²) in [5.41, 5.74) is 1.48. The maximum absolute atomic E-state index is 12.5. The summed E-state index contributed by atoms with van der Waals surface area (Å²) < 4.78 is 21.4. The minimum Gasteiger partial charge on any atom is -0.497 e. The van der Waals surface area contributed by atoms with Crippen molar-refractivity contribution in [3.63, 3.8) is 0 Å². The first kappa shape index (κ1) is 20.8. The molecule has 164 valence electrons. The number of hydrogen-bond donors (Lipinski definition) is 2. The van der Waals surface area contributed by atoms with Crippen LogP contribution in [0.25, 0.3) is 0 Å². The number of carbonyl (C=O) groups is 2. The van der Waals surface area contributed by atoms with Crippen molar-refractivity contribution in [2.24, 2.45) is 0 Å². The van der Waals surface area contributed by atoms with E-state index in [2.05, 4.69) is 10.6 Å². The fourth-order valence-corrected chi connectivity index (χ4v) is 3.95. The molecule has 2 aromatic rings. The molecule has 1 saturated heterocycles. The standard InChI is InChI=1S/C22H25N3O6/c1-28-15-6-8-18(29-2)16(11-15)17-4-3-9-25(17)12-21(26)24-22(27)23-14-5-7-19-20(10-14)31-13-30-19/h5-8,10-11,17H,3-4,9,12-13H2,1-2H3,(H2,23,24,26,27). The van der Waals surface area contributed by atoms with E-state index in [9.17, 15) is 9.59 Å². The van der Waals surface area contributed by atoms with Crippen LogP contribution in [0.15, 0.2) is 36.4 Å². The monoisotopic (exact) mass is 427 g/mol. The predicted molar refractivity (Wildman–Crippen MR) is 113 cm³/mol. The van der Waals surface area contributed by atoms with Gasteiger partial charge in [0.1, 0.15) is 11.5 Å². The second kappa shape index (κ2) is 9.13. The number of anilines is 1. The third-order valence-corrected chi connectivity index (χ3v) is 5.39. The van der Waals surface area contributed by atoms with Crippen LogP contribution in [-0.2, 0) is 4.79 Å². The van der Waals surface area contributed by atoms with Gasteiger partial charge in [0.2, 0.25) is 12.7 Å². The molecule has 1 fully saturated rings. The van der Waals surface area contributed by atoms with Gasteiger partial charge in [-0.05, 0) is 49.7 Å². The number of hydrogen-bond acceptors (Lipinski definition) is 7. The number of urea groups is 1. The molecule has 0 radical (unpaired) electrons. The first-order chi connectivity index (χ1) is 15.1. The van der Waals surface area contributed by atoms with E-state index in [1.165, 1.54) is 0 Å². The second-order valence-electron chi connectivity index (χ2n) is 7.31. The normalized spacial score (nSPS) is 17.3. The molecule has 3 amide bonds. The van der Waals surface area contributed by atoms with Crippen LogP contribution in [0.2, 0.25) is 0 Å². The van der Waals surface area contributed by atoms with Crippen molar-refractivity contribution in [1.29, 1.82) is 0 Å². The number of benzene rings is 2. The highest BCUT2D eigenvalue weighted by atomic mass is 16.7. The van der Waals surface area contributed by atoms with E-state index in [1.54, 1.807) is 32.4 Å². The van der Waals surface area contributed by atoms with E-state index in [4.69, 9.17) is 18.9 Å². The Balaban J connectivity index is 1.37. The molecule has 0 spiro atoms. The summed E-state index contributed by atoms with van der Waals surface area (Å²) in [6.45, 7) is 1.00. The lowest BCUT2D eigenvalue weighted by Gasteiger charge is -2.25. The summed E-state index contributed by atoms with van der Waals surface area (Å²) in [7, 11) is 3.24. The number of imide groups is 1. The molecule has 4 rings (SSSR count). The van der Waals surface area contributed by atoms with Gasteiger partial charge in [0.05, 0.1) is 20.8 Å². The fraction of sp³-hybridized carbons (Fsp3) is 0.364. The number of amides is 3. The van der Waals surface area contributed by atoms with Crippen LogP contribution in [0.5, 0.6) is 23.0 Å². The van der Waals surface area contributed by atoms with E-state index >= 15 is 0 Å². The highest BCUT2D eigenvalue weighted by Gasteiger charge is 2.30. The molecule has 9 nitrogen and oxygen atoms in total. The van der Waals surface area contributed by atoms with E-state index < -0.39 is 6.03 Å². The number of nitrogens with one attached hydrogen (secondary N) is 2. The highest BCUT2D eigenvalue weighted by Crippen LogP contribution is 2.38. The molecular formula is C22H25N3O6. The molecule has 31 heavy (non-hydrogen) atoms. The number of carbonyl (C=O) groups excluding carboxylic acids is 2. The molecule has 0 aromatic heterocycles. The Hall–Kier alpha value is -3.46. The smallest absolute Gasteiger partial charge is 0.325 e. The third kappa shape index (κ3) is 4.66. The molecule has 2 aliphatic heterocycles. The van der Waals surface area contributed by atoms with Crippen molar-refractivity contribution in [2.75, 3.05) is 39.4 Å². The third-order valence-electron chi connectivity index (χ3n) is 5.39. The van der Waals surface area contributed by atoms with Gasteiger partial charge in [-0.2, -0.15) is 0 Å². The summed E-state index contributed by atoms with van der Waals surface area (Å²) in [6.07, 6.45) is 1.84. The number of methoxy groups -OCH3 is 2. The molecule has 0 saturated carbocycles. The number of likely N-dealkylation sites (tertiary alicyclic amines) is 1. The topological polar surface area (TPSA) is 98.4 Å².